The van der Waals surface area contributed by atoms with Crippen LogP contribution in [-0.4, -0.2) is 17.4 Å². The Morgan fingerprint density at radius 2 is 1.74 bits per heavy atom. The highest BCUT2D eigenvalue weighted by Gasteiger charge is 2.22. The molecule has 0 unspecified atom stereocenters. The van der Waals surface area contributed by atoms with Crippen molar-refractivity contribution in [2.24, 2.45) is 5.73 Å². The van der Waals surface area contributed by atoms with Crippen molar-refractivity contribution in [3.63, 3.8) is 0 Å². The van der Waals surface area contributed by atoms with Gasteiger partial charge in [0, 0.05) is 29.0 Å². The Morgan fingerprint density at radius 3 is 2.54 bits per heavy atom. The fourth-order valence-electron chi connectivity index (χ4n) is 4.69. The fraction of sp³-hybridized carbons (Fsp3) is 0.138. The van der Waals surface area contributed by atoms with E-state index in [1.165, 1.54) is 11.8 Å². The van der Waals surface area contributed by atoms with Crippen LogP contribution in [0.3, 0.4) is 0 Å². The van der Waals surface area contributed by atoms with E-state index in [9.17, 15) is 13.6 Å². The van der Waals surface area contributed by atoms with Crippen LogP contribution < -0.4 is 10.6 Å². The molecule has 0 aliphatic carbocycles. The van der Waals surface area contributed by atoms with E-state index in [-0.39, 0.29) is 18.0 Å². The molecule has 0 aliphatic rings. The Morgan fingerprint density at radius 1 is 0.943 bits per heavy atom. The van der Waals surface area contributed by atoms with Crippen molar-refractivity contribution in [2.75, 3.05) is 11.4 Å². The number of nitrogens with one attached hydrogen (secondary N) is 1. The quantitative estimate of drug-likeness (QED) is 0.306. The summed E-state index contributed by atoms with van der Waals surface area (Å²) in [6.07, 6.45) is 0.518. The summed E-state index contributed by atoms with van der Waals surface area (Å²) in [4.78, 5) is 17.5. The molecule has 4 nitrogen and oxygen atoms in total. The highest BCUT2D eigenvalue weighted by atomic mass is 19.1. The number of carbonyl (C=O) groups is 1. The number of amides is 1. The van der Waals surface area contributed by atoms with Crippen LogP contribution in [0.4, 0.5) is 14.6 Å². The molecule has 176 valence electrons. The molecule has 0 saturated heterocycles. The Hall–Kier alpha value is -4.03. The highest BCUT2D eigenvalue weighted by molar-refractivity contribution is 6.02. The SMILES string of the molecule is CC(=O)N(Cc1cc(F)ccc1F)c1[nH]c2ccc(-c3cccc4ccccc34)cc2c1CCN. The molecule has 3 N–H and O–H groups in total. The maximum Gasteiger partial charge on any atom is 0.225 e. The normalized spacial score (nSPS) is 11.3. The van der Waals surface area contributed by atoms with Crippen molar-refractivity contribution in [3.8, 4) is 11.1 Å². The minimum atomic E-state index is -0.563. The molecular weight excluding hydrogens is 444 g/mol. The Labute approximate surface area is 202 Å². The maximum atomic E-state index is 14.4. The Kier molecular flexibility index (Phi) is 6.05. The standard InChI is InChI=1S/C29H25F2N3O/c1-18(35)34(17-21-15-22(30)10-11-27(21)31)29-25(13-14-32)26-16-20(9-12-28(26)33-29)24-8-4-6-19-5-2-3-7-23(19)24/h2-12,15-16,33H,13-14,17,32H2,1H3. The molecule has 5 aromatic rings. The molecule has 0 spiro atoms. The van der Waals surface area contributed by atoms with Crippen LogP contribution in [0.5, 0.6) is 0 Å². The average Bonchev–Trinajstić information content (AvgIpc) is 3.21. The van der Waals surface area contributed by atoms with Crippen molar-refractivity contribution < 1.29 is 13.6 Å². The van der Waals surface area contributed by atoms with Gasteiger partial charge in [-0.1, -0.05) is 48.5 Å². The minimum Gasteiger partial charge on any atom is -0.341 e. The van der Waals surface area contributed by atoms with Crippen LogP contribution >= 0.6 is 0 Å². The monoisotopic (exact) mass is 469 g/mol. The number of hydrogen-bond donors (Lipinski definition) is 2. The summed E-state index contributed by atoms with van der Waals surface area (Å²) in [7, 11) is 0. The van der Waals surface area contributed by atoms with Gasteiger partial charge in [-0.15, -0.1) is 0 Å². The summed E-state index contributed by atoms with van der Waals surface area (Å²) in [6, 6.07) is 23.8. The van der Waals surface area contributed by atoms with Gasteiger partial charge in [-0.3, -0.25) is 9.69 Å². The van der Waals surface area contributed by atoms with Crippen molar-refractivity contribution >= 4 is 33.4 Å². The second-order valence-corrected chi connectivity index (χ2v) is 8.62. The lowest BCUT2D eigenvalue weighted by molar-refractivity contribution is -0.116. The number of halogens is 2. The lowest BCUT2D eigenvalue weighted by atomic mass is 9.96. The number of aromatic nitrogens is 1. The summed E-state index contributed by atoms with van der Waals surface area (Å²) in [6.45, 7) is 1.69. The number of hydrogen-bond acceptors (Lipinski definition) is 2. The number of carbonyl (C=O) groups excluding carboxylic acids is 1. The van der Waals surface area contributed by atoms with Crippen LogP contribution in [0.2, 0.25) is 0 Å². The molecule has 1 amide bonds. The van der Waals surface area contributed by atoms with E-state index in [4.69, 9.17) is 5.73 Å². The lowest BCUT2D eigenvalue weighted by Crippen LogP contribution is -2.29. The molecule has 0 radical (unpaired) electrons. The molecule has 4 aromatic carbocycles. The van der Waals surface area contributed by atoms with E-state index in [1.54, 1.807) is 0 Å². The van der Waals surface area contributed by atoms with Gasteiger partial charge in [0.05, 0.1) is 6.54 Å². The topological polar surface area (TPSA) is 62.1 Å². The summed E-state index contributed by atoms with van der Waals surface area (Å²) in [5.74, 6) is -0.847. The third-order valence-electron chi connectivity index (χ3n) is 6.36. The number of H-pyrrole nitrogens is 1. The van der Waals surface area contributed by atoms with E-state index in [0.717, 1.165) is 56.6 Å². The van der Waals surface area contributed by atoms with Gasteiger partial charge >= 0.3 is 0 Å². The van der Waals surface area contributed by atoms with Crippen molar-refractivity contribution in [3.05, 3.63) is 102 Å². The molecule has 1 heterocycles. The van der Waals surface area contributed by atoms with Gasteiger partial charge in [-0.05, 0) is 65.2 Å². The predicted molar refractivity (Wildman–Crippen MR) is 137 cm³/mol. The summed E-state index contributed by atoms with van der Waals surface area (Å²) in [5, 5.41) is 3.25. The van der Waals surface area contributed by atoms with Gasteiger partial charge < -0.3 is 10.7 Å². The second-order valence-electron chi connectivity index (χ2n) is 8.62. The summed E-state index contributed by atoms with van der Waals surface area (Å²) < 4.78 is 28.2. The number of anilines is 1. The third kappa shape index (κ3) is 4.29. The van der Waals surface area contributed by atoms with Gasteiger partial charge in [0.2, 0.25) is 5.91 Å². The highest BCUT2D eigenvalue weighted by Crippen LogP contribution is 2.36. The minimum absolute atomic E-state index is 0.0977. The van der Waals surface area contributed by atoms with Gasteiger partial charge in [0.25, 0.3) is 0 Å². The Balaban J connectivity index is 1.65. The number of aromatic amines is 1. The lowest BCUT2D eigenvalue weighted by Gasteiger charge is -2.22. The molecule has 35 heavy (non-hydrogen) atoms. The predicted octanol–water partition coefficient (Wildman–Crippen LogP) is 6.32. The first-order valence-corrected chi connectivity index (χ1v) is 11.5. The maximum absolute atomic E-state index is 14.4. The van der Waals surface area contributed by atoms with Crippen LogP contribution in [0, 0.1) is 11.6 Å². The van der Waals surface area contributed by atoms with E-state index >= 15 is 0 Å². The molecule has 0 fully saturated rings. The van der Waals surface area contributed by atoms with Crippen LogP contribution in [0.25, 0.3) is 32.8 Å². The van der Waals surface area contributed by atoms with E-state index in [1.807, 2.05) is 30.3 Å². The molecule has 0 saturated carbocycles. The van der Waals surface area contributed by atoms with Crippen LogP contribution in [0.15, 0.2) is 78.9 Å². The third-order valence-corrected chi connectivity index (χ3v) is 6.36. The molecule has 1 aromatic heterocycles. The van der Waals surface area contributed by atoms with E-state index in [0.29, 0.717) is 18.8 Å². The smallest absolute Gasteiger partial charge is 0.225 e. The van der Waals surface area contributed by atoms with Gasteiger partial charge in [0.1, 0.15) is 17.5 Å². The zero-order valence-electron chi connectivity index (χ0n) is 19.3. The van der Waals surface area contributed by atoms with Gasteiger partial charge in [-0.2, -0.15) is 0 Å². The number of benzene rings is 4. The second kappa shape index (κ2) is 9.31. The summed E-state index contributed by atoms with van der Waals surface area (Å²) in [5.41, 5.74) is 9.93. The molecule has 5 rings (SSSR count). The first kappa shape index (κ1) is 22.7. The van der Waals surface area contributed by atoms with Crippen LogP contribution in [-0.2, 0) is 17.8 Å². The fourth-order valence-corrected chi connectivity index (χ4v) is 4.69. The number of rotatable bonds is 6. The zero-order valence-corrected chi connectivity index (χ0v) is 19.3. The van der Waals surface area contributed by atoms with Crippen LogP contribution in [0.1, 0.15) is 18.1 Å². The average molecular weight is 470 g/mol. The van der Waals surface area contributed by atoms with Gasteiger partial charge in [-0.25, -0.2) is 8.78 Å². The van der Waals surface area contributed by atoms with Crippen molar-refractivity contribution in [1.82, 2.24) is 4.98 Å². The molecule has 0 aliphatic heterocycles. The first-order chi connectivity index (χ1) is 17.0. The van der Waals surface area contributed by atoms with Gasteiger partial charge in [0.15, 0.2) is 0 Å². The van der Waals surface area contributed by atoms with Crippen molar-refractivity contribution in [2.45, 2.75) is 19.9 Å². The van der Waals surface area contributed by atoms with E-state index < -0.39 is 11.6 Å². The molecule has 0 bridgehead atoms. The van der Waals surface area contributed by atoms with E-state index in [2.05, 4.69) is 35.3 Å². The molecular formula is C29H25F2N3O. The zero-order chi connectivity index (χ0) is 24.5. The number of fused-ring (bicyclic) bond motifs is 2. The number of nitrogens with zero attached hydrogens (tertiary/aromatic N) is 1. The number of nitrogens with two attached hydrogens (primary N) is 1. The molecule has 6 heteroatoms. The molecule has 0 atom stereocenters. The first-order valence-electron chi connectivity index (χ1n) is 11.5. The largest absolute Gasteiger partial charge is 0.341 e. The Bertz CT molecular complexity index is 1550. The summed E-state index contributed by atoms with van der Waals surface area (Å²) >= 11 is 0. The van der Waals surface area contributed by atoms with Crippen molar-refractivity contribution in [1.29, 1.82) is 0 Å².